The molecule has 1 aromatic heterocycles. The van der Waals surface area contributed by atoms with E-state index in [9.17, 15) is 4.79 Å². The van der Waals surface area contributed by atoms with Crippen LogP contribution >= 0.6 is 11.6 Å². The molecule has 1 atom stereocenters. The Bertz CT molecular complexity index is 997. The number of nitrogens with one attached hydrogen (secondary N) is 1. The van der Waals surface area contributed by atoms with Gasteiger partial charge in [0.25, 0.3) is 0 Å². The standard InChI is InChI=1S/C24H24ClN3O2/c25-20-8-3-6-18(14-20)16-28-13-5-7-19(17-28)24(29)27-22-10-1-2-11-23(22)30-21-9-4-12-26-15-21/h1-4,6,8-12,14-15,19H,5,7,13,16-17H2,(H,27,29)/t19-/m1/s1. The van der Waals surface area contributed by atoms with Gasteiger partial charge in [-0.2, -0.15) is 0 Å². The number of carbonyl (C=O) groups is 1. The number of nitrogens with zero attached hydrogens (tertiary/aromatic N) is 2. The topological polar surface area (TPSA) is 54.5 Å². The number of piperidine rings is 1. The Labute approximate surface area is 181 Å². The number of likely N-dealkylation sites (tertiary alicyclic amines) is 1. The zero-order valence-electron chi connectivity index (χ0n) is 16.6. The van der Waals surface area contributed by atoms with Crippen LogP contribution in [0.3, 0.4) is 0 Å². The molecule has 30 heavy (non-hydrogen) atoms. The molecule has 0 saturated carbocycles. The van der Waals surface area contributed by atoms with Gasteiger partial charge in [0, 0.05) is 24.3 Å². The van der Waals surface area contributed by atoms with E-state index in [4.69, 9.17) is 16.3 Å². The van der Waals surface area contributed by atoms with Crippen LogP contribution in [0.5, 0.6) is 11.5 Å². The predicted molar refractivity (Wildman–Crippen MR) is 119 cm³/mol. The molecule has 5 nitrogen and oxygen atoms in total. The number of hydrogen-bond acceptors (Lipinski definition) is 4. The minimum absolute atomic E-state index is 0.0213. The first-order valence-electron chi connectivity index (χ1n) is 10.1. The van der Waals surface area contributed by atoms with E-state index in [0.717, 1.165) is 37.5 Å². The molecule has 0 bridgehead atoms. The second-order valence-corrected chi connectivity index (χ2v) is 7.92. The van der Waals surface area contributed by atoms with Crippen LogP contribution in [0.25, 0.3) is 0 Å². The normalized spacial score (nSPS) is 16.8. The highest BCUT2D eigenvalue weighted by Gasteiger charge is 2.26. The van der Waals surface area contributed by atoms with E-state index in [0.29, 0.717) is 17.2 Å². The lowest BCUT2D eigenvalue weighted by molar-refractivity contribution is -0.121. The van der Waals surface area contributed by atoms with Crippen LogP contribution < -0.4 is 10.1 Å². The minimum Gasteiger partial charge on any atom is -0.454 e. The summed E-state index contributed by atoms with van der Waals surface area (Å²) in [6.45, 7) is 2.51. The molecule has 0 aliphatic carbocycles. The minimum atomic E-state index is -0.0654. The molecule has 2 heterocycles. The van der Waals surface area contributed by atoms with Crippen molar-refractivity contribution in [3.05, 3.63) is 83.6 Å². The lowest BCUT2D eigenvalue weighted by Gasteiger charge is -2.32. The molecule has 1 saturated heterocycles. The number of anilines is 1. The first-order chi connectivity index (χ1) is 14.7. The summed E-state index contributed by atoms with van der Waals surface area (Å²) in [6, 6.07) is 19.0. The maximum absolute atomic E-state index is 13.0. The number of halogens is 1. The molecular weight excluding hydrogens is 398 g/mol. The maximum Gasteiger partial charge on any atom is 0.228 e. The number of ether oxygens (including phenoxy) is 1. The fourth-order valence-electron chi connectivity index (χ4n) is 3.73. The molecule has 2 aromatic carbocycles. The highest BCUT2D eigenvalue weighted by atomic mass is 35.5. The van der Waals surface area contributed by atoms with Gasteiger partial charge in [0.05, 0.1) is 17.8 Å². The van der Waals surface area contributed by atoms with Gasteiger partial charge in [-0.05, 0) is 61.3 Å². The Kier molecular flexibility index (Phi) is 6.62. The largest absolute Gasteiger partial charge is 0.454 e. The summed E-state index contributed by atoms with van der Waals surface area (Å²) >= 11 is 6.11. The summed E-state index contributed by atoms with van der Waals surface area (Å²) in [5.41, 5.74) is 1.83. The SMILES string of the molecule is O=C(Nc1ccccc1Oc1cccnc1)[C@@H]1CCCN(Cc2cccc(Cl)c2)C1. The third kappa shape index (κ3) is 5.38. The molecule has 1 aliphatic rings. The number of para-hydroxylation sites is 2. The van der Waals surface area contributed by atoms with Crippen molar-refractivity contribution in [1.82, 2.24) is 9.88 Å². The lowest BCUT2D eigenvalue weighted by Crippen LogP contribution is -2.40. The van der Waals surface area contributed by atoms with Gasteiger partial charge in [-0.25, -0.2) is 0 Å². The van der Waals surface area contributed by atoms with Gasteiger partial charge >= 0.3 is 0 Å². The first-order valence-corrected chi connectivity index (χ1v) is 10.5. The number of aromatic nitrogens is 1. The summed E-state index contributed by atoms with van der Waals surface area (Å²) in [5.74, 6) is 1.19. The average Bonchev–Trinajstić information content (AvgIpc) is 2.76. The van der Waals surface area contributed by atoms with Crippen molar-refractivity contribution in [1.29, 1.82) is 0 Å². The van der Waals surface area contributed by atoms with E-state index in [1.165, 1.54) is 5.56 Å². The smallest absolute Gasteiger partial charge is 0.228 e. The third-order valence-corrected chi connectivity index (χ3v) is 5.41. The van der Waals surface area contributed by atoms with Crippen molar-refractivity contribution < 1.29 is 9.53 Å². The number of benzene rings is 2. The molecule has 0 unspecified atom stereocenters. The monoisotopic (exact) mass is 421 g/mol. The molecular formula is C24H24ClN3O2. The second-order valence-electron chi connectivity index (χ2n) is 7.48. The van der Waals surface area contributed by atoms with Gasteiger partial charge in [-0.3, -0.25) is 14.7 Å². The van der Waals surface area contributed by atoms with Crippen LogP contribution in [0.15, 0.2) is 73.1 Å². The molecule has 1 aliphatic heterocycles. The van der Waals surface area contributed by atoms with Crippen molar-refractivity contribution in [2.24, 2.45) is 5.92 Å². The number of carbonyl (C=O) groups excluding carboxylic acids is 1. The fourth-order valence-corrected chi connectivity index (χ4v) is 3.95. The summed E-state index contributed by atoms with van der Waals surface area (Å²) in [7, 11) is 0. The molecule has 1 N–H and O–H groups in total. The first kappa shape index (κ1) is 20.4. The quantitative estimate of drug-likeness (QED) is 0.580. The summed E-state index contributed by atoms with van der Waals surface area (Å²) in [5, 5.41) is 3.80. The Morgan fingerprint density at radius 2 is 2.07 bits per heavy atom. The molecule has 4 rings (SSSR count). The summed E-state index contributed by atoms with van der Waals surface area (Å²) in [6.07, 6.45) is 5.21. The average molecular weight is 422 g/mol. The van der Waals surface area contributed by atoms with Gasteiger partial charge in [-0.1, -0.05) is 35.9 Å². The van der Waals surface area contributed by atoms with Crippen molar-refractivity contribution >= 4 is 23.2 Å². The molecule has 1 fully saturated rings. The zero-order valence-corrected chi connectivity index (χ0v) is 17.4. The third-order valence-electron chi connectivity index (χ3n) is 5.18. The van der Waals surface area contributed by atoms with Gasteiger partial charge in [0.2, 0.25) is 5.91 Å². The fraction of sp³-hybridized carbons (Fsp3) is 0.250. The van der Waals surface area contributed by atoms with Crippen LogP contribution in [-0.2, 0) is 11.3 Å². The van der Waals surface area contributed by atoms with Crippen LogP contribution in [0.2, 0.25) is 5.02 Å². The van der Waals surface area contributed by atoms with Crippen molar-refractivity contribution in [2.75, 3.05) is 18.4 Å². The highest BCUT2D eigenvalue weighted by Crippen LogP contribution is 2.30. The van der Waals surface area contributed by atoms with Gasteiger partial charge in [0.15, 0.2) is 5.75 Å². The second kappa shape index (κ2) is 9.74. The predicted octanol–water partition coefficient (Wildman–Crippen LogP) is 5.38. The Balaban J connectivity index is 1.40. The Morgan fingerprint density at radius 1 is 1.17 bits per heavy atom. The Hall–Kier alpha value is -2.89. The van der Waals surface area contributed by atoms with E-state index in [1.807, 2.05) is 54.6 Å². The number of rotatable bonds is 6. The van der Waals surface area contributed by atoms with Gasteiger partial charge in [-0.15, -0.1) is 0 Å². The molecule has 6 heteroatoms. The highest BCUT2D eigenvalue weighted by molar-refractivity contribution is 6.30. The number of hydrogen-bond donors (Lipinski definition) is 1. The van der Waals surface area contributed by atoms with E-state index < -0.39 is 0 Å². The van der Waals surface area contributed by atoms with Gasteiger partial charge in [0.1, 0.15) is 5.75 Å². The summed E-state index contributed by atoms with van der Waals surface area (Å²) < 4.78 is 5.91. The van der Waals surface area contributed by atoms with Crippen molar-refractivity contribution in [3.8, 4) is 11.5 Å². The van der Waals surface area contributed by atoms with Crippen LogP contribution in [0, 0.1) is 5.92 Å². The van der Waals surface area contributed by atoms with E-state index >= 15 is 0 Å². The maximum atomic E-state index is 13.0. The zero-order chi connectivity index (χ0) is 20.8. The molecule has 1 amide bonds. The van der Waals surface area contributed by atoms with Crippen molar-refractivity contribution in [2.45, 2.75) is 19.4 Å². The molecule has 154 valence electrons. The van der Waals surface area contributed by atoms with Crippen molar-refractivity contribution in [3.63, 3.8) is 0 Å². The van der Waals surface area contributed by atoms with Gasteiger partial charge < -0.3 is 10.1 Å². The van der Waals surface area contributed by atoms with Crippen LogP contribution in [0.4, 0.5) is 5.69 Å². The molecule has 3 aromatic rings. The Morgan fingerprint density at radius 3 is 2.90 bits per heavy atom. The molecule has 0 radical (unpaired) electrons. The lowest BCUT2D eigenvalue weighted by atomic mass is 9.96. The number of pyridine rings is 1. The number of amides is 1. The van der Waals surface area contributed by atoms with E-state index in [-0.39, 0.29) is 11.8 Å². The van der Waals surface area contributed by atoms with Crippen LogP contribution in [0.1, 0.15) is 18.4 Å². The van der Waals surface area contributed by atoms with Crippen LogP contribution in [-0.4, -0.2) is 28.9 Å². The van der Waals surface area contributed by atoms with E-state index in [1.54, 1.807) is 12.4 Å². The van der Waals surface area contributed by atoms with E-state index in [2.05, 4.69) is 21.3 Å². The molecule has 0 spiro atoms. The summed E-state index contributed by atoms with van der Waals surface area (Å²) in [4.78, 5) is 19.4.